The summed E-state index contributed by atoms with van der Waals surface area (Å²) in [5.41, 5.74) is 1.11. The van der Waals surface area contributed by atoms with E-state index < -0.39 is 0 Å². The number of hydrogen-bond donors (Lipinski definition) is 1. The fourth-order valence-corrected chi connectivity index (χ4v) is 5.05. The minimum absolute atomic E-state index is 0.197. The molecule has 8 heteroatoms. The van der Waals surface area contributed by atoms with E-state index in [1.807, 2.05) is 42.5 Å². The topological polar surface area (TPSA) is 86.1 Å². The predicted octanol–water partition coefficient (Wildman–Crippen LogP) is 3.89. The molecule has 1 atom stereocenters. The fourth-order valence-electron chi connectivity index (χ4n) is 4.01. The van der Waals surface area contributed by atoms with Crippen molar-refractivity contribution in [3.63, 3.8) is 0 Å². The van der Waals surface area contributed by atoms with E-state index in [-0.39, 0.29) is 23.6 Å². The molecule has 0 spiro atoms. The van der Waals surface area contributed by atoms with Crippen LogP contribution in [0.4, 0.5) is 5.69 Å². The van der Waals surface area contributed by atoms with Gasteiger partial charge in [0.05, 0.1) is 17.6 Å². The summed E-state index contributed by atoms with van der Waals surface area (Å²) in [5, 5.41) is 13.7. The number of aromatic nitrogens is 3. The lowest BCUT2D eigenvalue weighted by atomic mass is 9.90. The first-order valence-corrected chi connectivity index (χ1v) is 11.1. The third-order valence-corrected chi connectivity index (χ3v) is 7.06. The van der Waals surface area contributed by atoms with Gasteiger partial charge in [-0.3, -0.25) is 9.59 Å². The van der Waals surface area contributed by atoms with Crippen LogP contribution in [0.1, 0.15) is 30.7 Å². The lowest BCUT2D eigenvalue weighted by molar-refractivity contribution is -0.117. The van der Waals surface area contributed by atoms with E-state index in [9.17, 15) is 9.59 Å². The van der Waals surface area contributed by atoms with Crippen LogP contribution >= 0.6 is 11.3 Å². The van der Waals surface area contributed by atoms with Gasteiger partial charge in [-0.15, -0.1) is 16.4 Å². The molecule has 1 aliphatic heterocycles. The number of fused-ring (bicyclic) bond motifs is 4. The lowest BCUT2D eigenvalue weighted by Crippen LogP contribution is -2.35. The molecule has 0 saturated heterocycles. The van der Waals surface area contributed by atoms with E-state index in [1.54, 1.807) is 0 Å². The van der Waals surface area contributed by atoms with Gasteiger partial charge in [0.1, 0.15) is 6.54 Å². The zero-order chi connectivity index (χ0) is 21.6. The number of hydrogen-bond acceptors (Lipinski definition) is 6. The van der Waals surface area contributed by atoms with Crippen LogP contribution in [0.2, 0.25) is 0 Å². The van der Waals surface area contributed by atoms with Crippen LogP contribution in [-0.4, -0.2) is 26.5 Å². The molecular weight excluding hydrogens is 412 g/mol. The first-order chi connectivity index (χ1) is 15.0. The van der Waals surface area contributed by atoms with Gasteiger partial charge in [0, 0.05) is 22.4 Å². The zero-order valence-corrected chi connectivity index (χ0v) is 18.2. The molecule has 7 nitrogen and oxygen atoms in total. The molecule has 0 aliphatic carbocycles. The molecule has 2 aromatic carbocycles. The van der Waals surface area contributed by atoms with Gasteiger partial charge in [0.15, 0.2) is 4.83 Å². The number of nitrogens with one attached hydrogen (secondary N) is 1. The fraction of sp³-hybridized carbons (Fsp3) is 0.304. The Labute approximate surface area is 182 Å². The number of nitrogens with zero attached hydrogens (tertiary/aromatic N) is 3. The first kappa shape index (κ1) is 19.8. The van der Waals surface area contributed by atoms with E-state index in [1.165, 1.54) is 11.3 Å². The third-order valence-electron chi connectivity index (χ3n) is 5.97. The van der Waals surface area contributed by atoms with Crippen molar-refractivity contribution in [3.05, 3.63) is 63.3 Å². The van der Waals surface area contributed by atoms with Crippen LogP contribution in [0.3, 0.4) is 0 Å². The monoisotopic (exact) mass is 434 g/mol. The van der Waals surface area contributed by atoms with Gasteiger partial charge in [-0.1, -0.05) is 48.5 Å². The highest BCUT2D eigenvalue weighted by molar-refractivity contribution is 7.18. The van der Waals surface area contributed by atoms with Crippen molar-refractivity contribution in [2.24, 2.45) is 0 Å². The van der Waals surface area contributed by atoms with Crippen molar-refractivity contribution >= 4 is 43.9 Å². The van der Waals surface area contributed by atoms with E-state index in [0.29, 0.717) is 28.9 Å². The van der Waals surface area contributed by atoms with Crippen molar-refractivity contribution in [2.45, 2.75) is 45.4 Å². The maximum Gasteiger partial charge on any atom is 0.279 e. The summed E-state index contributed by atoms with van der Waals surface area (Å²) in [6.45, 7) is 4.42. The van der Waals surface area contributed by atoms with Gasteiger partial charge in [-0.25, -0.2) is 4.68 Å². The molecule has 1 N–H and O–H groups in total. The molecule has 1 aliphatic rings. The van der Waals surface area contributed by atoms with Crippen LogP contribution in [0.25, 0.3) is 21.0 Å². The molecule has 2 aromatic heterocycles. The number of ether oxygens (including phenoxy) is 1. The van der Waals surface area contributed by atoms with E-state index in [2.05, 4.69) is 29.5 Å². The molecule has 158 valence electrons. The summed E-state index contributed by atoms with van der Waals surface area (Å²) < 4.78 is 7.14. The van der Waals surface area contributed by atoms with Crippen molar-refractivity contribution in [3.8, 4) is 0 Å². The first-order valence-electron chi connectivity index (χ1n) is 10.3. The number of thiophene rings is 1. The number of carbonyl (C=O) groups excluding carboxylic acids is 1. The molecule has 0 radical (unpaired) electrons. The summed E-state index contributed by atoms with van der Waals surface area (Å²) in [6.07, 6.45) is 1.51. The Morgan fingerprint density at radius 1 is 1.26 bits per heavy atom. The molecule has 4 aromatic rings. The van der Waals surface area contributed by atoms with E-state index in [0.717, 1.165) is 32.3 Å². The number of amides is 1. The summed E-state index contributed by atoms with van der Waals surface area (Å²) in [4.78, 5) is 27.6. The second-order valence-corrected chi connectivity index (χ2v) is 9.16. The second kappa shape index (κ2) is 7.55. The van der Waals surface area contributed by atoms with Crippen LogP contribution in [0.15, 0.2) is 47.3 Å². The van der Waals surface area contributed by atoms with E-state index in [4.69, 9.17) is 4.74 Å². The highest BCUT2D eigenvalue weighted by Gasteiger charge is 2.33. The molecular formula is C23H22N4O3S. The Balaban J connectivity index is 1.46. The number of benzene rings is 2. The summed E-state index contributed by atoms with van der Waals surface area (Å²) in [5.74, 6) is -0.321. The van der Waals surface area contributed by atoms with Crippen molar-refractivity contribution < 1.29 is 9.53 Å². The highest BCUT2D eigenvalue weighted by atomic mass is 32.1. The van der Waals surface area contributed by atoms with Crippen LogP contribution < -0.4 is 10.9 Å². The summed E-state index contributed by atoms with van der Waals surface area (Å²) in [7, 11) is 0. The third kappa shape index (κ3) is 3.51. The van der Waals surface area contributed by atoms with Crippen LogP contribution in [-0.2, 0) is 29.1 Å². The van der Waals surface area contributed by atoms with Crippen molar-refractivity contribution in [1.29, 1.82) is 0 Å². The standard InChI is InChI=1S/C23H22N4O3S/c1-3-23(2)11-16-18(13-30-23)31-21-20(16)22(29)27(26-25-21)12-19(28)24-17-10-6-8-14-7-4-5-9-15(14)17/h4-10H,3,11-13H2,1-2H3,(H,24,28)/t23-/m0/s1. The van der Waals surface area contributed by atoms with Crippen LogP contribution in [0, 0.1) is 0 Å². The Kier molecular flexibility index (Phi) is 4.83. The average molecular weight is 435 g/mol. The lowest BCUT2D eigenvalue weighted by Gasteiger charge is -2.32. The summed E-state index contributed by atoms with van der Waals surface area (Å²) in [6, 6.07) is 13.5. The minimum Gasteiger partial charge on any atom is -0.369 e. The van der Waals surface area contributed by atoms with Crippen molar-refractivity contribution in [1.82, 2.24) is 15.0 Å². The smallest absolute Gasteiger partial charge is 0.279 e. The Morgan fingerprint density at radius 2 is 2.06 bits per heavy atom. The number of rotatable bonds is 4. The van der Waals surface area contributed by atoms with Gasteiger partial charge < -0.3 is 10.1 Å². The molecule has 1 amide bonds. The Morgan fingerprint density at radius 3 is 2.90 bits per heavy atom. The van der Waals surface area contributed by atoms with Gasteiger partial charge in [0.2, 0.25) is 5.91 Å². The SMILES string of the molecule is CC[C@@]1(C)Cc2c(sc3nnn(CC(=O)Nc4cccc5ccccc45)c(=O)c23)CO1. The largest absolute Gasteiger partial charge is 0.369 e. The second-order valence-electron chi connectivity index (χ2n) is 8.08. The number of carbonyl (C=O) groups is 1. The van der Waals surface area contributed by atoms with Gasteiger partial charge in [-0.2, -0.15) is 0 Å². The maximum atomic E-state index is 13.2. The van der Waals surface area contributed by atoms with Gasteiger partial charge in [-0.05, 0) is 30.4 Å². The normalized spacial score (nSPS) is 18.3. The minimum atomic E-state index is -0.321. The Bertz CT molecular complexity index is 1370. The maximum absolute atomic E-state index is 13.2. The molecule has 3 heterocycles. The molecule has 0 fully saturated rings. The van der Waals surface area contributed by atoms with Gasteiger partial charge >= 0.3 is 0 Å². The molecule has 0 bridgehead atoms. The molecule has 0 unspecified atom stereocenters. The molecule has 31 heavy (non-hydrogen) atoms. The van der Waals surface area contributed by atoms with Crippen molar-refractivity contribution in [2.75, 3.05) is 5.32 Å². The highest BCUT2D eigenvalue weighted by Crippen LogP contribution is 2.37. The van der Waals surface area contributed by atoms with Crippen LogP contribution in [0.5, 0.6) is 0 Å². The quantitative estimate of drug-likeness (QED) is 0.527. The van der Waals surface area contributed by atoms with E-state index >= 15 is 0 Å². The average Bonchev–Trinajstić information content (AvgIpc) is 3.14. The zero-order valence-electron chi connectivity index (χ0n) is 17.3. The Hall–Kier alpha value is -3.10. The summed E-state index contributed by atoms with van der Waals surface area (Å²) >= 11 is 1.44. The van der Waals surface area contributed by atoms with Gasteiger partial charge in [0.25, 0.3) is 5.56 Å². The number of anilines is 1. The molecule has 5 rings (SSSR count). The molecule has 0 saturated carbocycles. The predicted molar refractivity (Wildman–Crippen MR) is 121 cm³/mol.